The van der Waals surface area contributed by atoms with Crippen LogP contribution in [0.15, 0.2) is 29.2 Å². The molecule has 7 heteroatoms. The molecule has 0 aliphatic rings. The van der Waals surface area contributed by atoms with E-state index in [1.165, 1.54) is 12.1 Å². The van der Waals surface area contributed by atoms with Gasteiger partial charge in [-0.3, -0.25) is 0 Å². The molecule has 0 saturated heterocycles. The van der Waals surface area contributed by atoms with Crippen LogP contribution in [0.4, 0.5) is 13.2 Å². The molecule has 1 aromatic carbocycles. The molecule has 0 heterocycles. The number of nitrogens with zero attached hydrogens (tertiary/aromatic N) is 1. The van der Waals surface area contributed by atoms with E-state index in [0.717, 1.165) is 12.1 Å². The molecule has 0 aliphatic carbocycles. The molecular formula is C10H8F3NO2S. The van der Waals surface area contributed by atoms with Crippen molar-refractivity contribution in [3.63, 3.8) is 0 Å². The Kier molecular flexibility index (Phi) is 3.78. The molecule has 0 aromatic heterocycles. The first-order valence-electron chi connectivity index (χ1n) is 4.56. The first-order valence-corrected chi connectivity index (χ1v) is 6.04. The first-order chi connectivity index (χ1) is 7.79. The Morgan fingerprint density at radius 3 is 2.47 bits per heavy atom. The summed E-state index contributed by atoms with van der Waals surface area (Å²) in [6.07, 6.45) is 0.341. The minimum Gasteiger partial charge on any atom is -0.214 e. The van der Waals surface area contributed by atoms with Crippen molar-refractivity contribution >= 4 is 9.84 Å². The van der Waals surface area contributed by atoms with Crippen LogP contribution in [0.2, 0.25) is 0 Å². The first kappa shape index (κ1) is 13.5. The van der Waals surface area contributed by atoms with E-state index in [4.69, 9.17) is 5.26 Å². The van der Waals surface area contributed by atoms with Crippen LogP contribution >= 0.6 is 0 Å². The van der Waals surface area contributed by atoms with Crippen molar-refractivity contribution in [1.82, 2.24) is 0 Å². The van der Waals surface area contributed by atoms with Gasteiger partial charge in [0.1, 0.15) is 0 Å². The summed E-state index contributed by atoms with van der Waals surface area (Å²) >= 11 is 0. The SMILES string of the molecule is N#CCCc1cccc(S(=O)(=O)C(F)(F)F)c1. The fraction of sp³-hybridized carbons (Fsp3) is 0.300. The van der Waals surface area contributed by atoms with Gasteiger partial charge in [-0.15, -0.1) is 0 Å². The summed E-state index contributed by atoms with van der Waals surface area (Å²) in [6, 6.07) is 6.37. The predicted molar refractivity (Wildman–Crippen MR) is 53.6 cm³/mol. The number of benzene rings is 1. The van der Waals surface area contributed by atoms with Crippen LogP contribution in [0.3, 0.4) is 0 Å². The molecule has 0 aliphatic heterocycles. The lowest BCUT2D eigenvalue weighted by molar-refractivity contribution is -0.0436. The Morgan fingerprint density at radius 2 is 1.94 bits per heavy atom. The molecule has 1 aromatic rings. The summed E-state index contributed by atoms with van der Waals surface area (Å²) in [5.74, 6) is 0. The Bertz CT molecular complexity index is 543. The quantitative estimate of drug-likeness (QED) is 0.841. The van der Waals surface area contributed by atoms with Gasteiger partial charge in [-0.1, -0.05) is 12.1 Å². The second-order valence-corrected chi connectivity index (χ2v) is 5.20. The molecule has 0 atom stereocenters. The second kappa shape index (κ2) is 4.75. The van der Waals surface area contributed by atoms with E-state index >= 15 is 0 Å². The Hall–Kier alpha value is -1.55. The lowest BCUT2D eigenvalue weighted by Gasteiger charge is -2.08. The van der Waals surface area contributed by atoms with Gasteiger partial charge >= 0.3 is 5.51 Å². The fourth-order valence-corrected chi connectivity index (χ4v) is 2.03. The summed E-state index contributed by atoms with van der Waals surface area (Å²) in [5.41, 5.74) is -4.92. The number of sulfone groups is 1. The maximum absolute atomic E-state index is 12.3. The topological polar surface area (TPSA) is 57.9 Å². The molecule has 0 unspecified atom stereocenters. The molecular weight excluding hydrogens is 255 g/mol. The highest BCUT2D eigenvalue weighted by Gasteiger charge is 2.46. The Labute approximate surface area is 96.4 Å². The minimum atomic E-state index is -5.31. The van der Waals surface area contributed by atoms with E-state index in [-0.39, 0.29) is 12.8 Å². The average Bonchev–Trinajstić information content (AvgIpc) is 2.25. The highest BCUT2D eigenvalue weighted by Crippen LogP contribution is 2.30. The molecule has 0 bridgehead atoms. The molecule has 0 amide bonds. The van der Waals surface area contributed by atoms with Crippen LogP contribution < -0.4 is 0 Å². The number of hydrogen-bond acceptors (Lipinski definition) is 3. The van der Waals surface area contributed by atoms with Crippen molar-refractivity contribution in [1.29, 1.82) is 5.26 Å². The van der Waals surface area contributed by atoms with Gasteiger partial charge in [0.25, 0.3) is 9.84 Å². The summed E-state index contributed by atoms with van der Waals surface area (Å²) in [7, 11) is -5.31. The molecule has 0 fully saturated rings. The molecule has 0 spiro atoms. The van der Waals surface area contributed by atoms with Gasteiger partial charge in [-0.2, -0.15) is 18.4 Å². The van der Waals surface area contributed by atoms with Crippen LogP contribution in [0.1, 0.15) is 12.0 Å². The van der Waals surface area contributed by atoms with Crippen molar-refractivity contribution in [2.45, 2.75) is 23.2 Å². The van der Waals surface area contributed by atoms with Crippen molar-refractivity contribution in [3.05, 3.63) is 29.8 Å². The van der Waals surface area contributed by atoms with Gasteiger partial charge in [-0.05, 0) is 24.1 Å². The average molecular weight is 263 g/mol. The van der Waals surface area contributed by atoms with Gasteiger partial charge in [0.15, 0.2) is 0 Å². The molecule has 3 nitrogen and oxygen atoms in total. The number of nitriles is 1. The van der Waals surface area contributed by atoms with Crippen LogP contribution in [0.5, 0.6) is 0 Å². The monoisotopic (exact) mass is 263 g/mol. The maximum Gasteiger partial charge on any atom is 0.501 e. The Balaban J connectivity index is 3.13. The summed E-state index contributed by atoms with van der Waals surface area (Å²) in [6.45, 7) is 0. The lowest BCUT2D eigenvalue weighted by atomic mass is 10.1. The van der Waals surface area contributed by atoms with Gasteiger partial charge in [-0.25, -0.2) is 8.42 Å². The lowest BCUT2D eigenvalue weighted by Crippen LogP contribution is -2.23. The smallest absolute Gasteiger partial charge is 0.214 e. The zero-order valence-electron chi connectivity index (χ0n) is 8.53. The van der Waals surface area contributed by atoms with E-state index in [1.54, 1.807) is 0 Å². The zero-order chi connectivity index (χ0) is 13.1. The largest absolute Gasteiger partial charge is 0.501 e. The zero-order valence-corrected chi connectivity index (χ0v) is 9.35. The van der Waals surface area contributed by atoms with Crippen molar-refractivity contribution in [2.24, 2.45) is 0 Å². The number of hydrogen-bond donors (Lipinski definition) is 0. The van der Waals surface area contributed by atoms with Crippen LogP contribution in [0, 0.1) is 11.3 Å². The van der Waals surface area contributed by atoms with Gasteiger partial charge < -0.3 is 0 Å². The summed E-state index contributed by atoms with van der Waals surface area (Å²) in [4.78, 5) is -0.791. The molecule has 92 valence electrons. The van der Waals surface area contributed by atoms with Crippen molar-refractivity contribution in [3.8, 4) is 6.07 Å². The molecule has 1 rings (SSSR count). The van der Waals surface area contributed by atoms with E-state index < -0.39 is 20.2 Å². The predicted octanol–water partition coefficient (Wildman–Crippen LogP) is 2.44. The standard InChI is InChI=1S/C10H8F3NO2S/c11-10(12,13)17(15,16)9-5-1-3-8(7-9)4-2-6-14/h1,3,5,7H,2,4H2. The van der Waals surface area contributed by atoms with Gasteiger partial charge in [0.2, 0.25) is 0 Å². The van der Waals surface area contributed by atoms with Crippen LogP contribution in [0.25, 0.3) is 0 Å². The third-order valence-electron chi connectivity index (χ3n) is 2.04. The minimum absolute atomic E-state index is 0.121. The number of alkyl halides is 3. The third kappa shape index (κ3) is 2.97. The maximum atomic E-state index is 12.3. The summed E-state index contributed by atoms with van der Waals surface area (Å²) < 4.78 is 59.0. The molecule has 0 saturated carbocycles. The highest BCUT2D eigenvalue weighted by atomic mass is 32.2. The van der Waals surface area contributed by atoms with E-state index in [0.29, 0.717) is 5.56 Å². The number of rotatable bonds is 3. The van der Waals surface area contributed by atoms with Crippen LogP contribution in [-0.4, -0.2) is 13.9 Å². The van der Waals surface area contributed by atoms with Crippen LogP contribution in [-0.2, 0) is 16.3 Å². The van der Waals surface area contributed by atoms with Gasteiger partial charge in [0, 0.05) is 6.42 Å². The third-order valence-corrected chi connectivity index (χ3v) is 3.52. The number of aryl methyl sites for hydroxylation is 1. The summed E-state index contributed by atoms with van der Waals surface area (Å²) in [5, 5.41) is 8.34. The van der Waals surface area contributed by atoms with E-state index in [9.17, 15) is 21.6 Å². The molecule has 17 heavy (non-hydrogen) atoms. The van der Waals surface area contributed by atoms with Crippen molar-refractivity contribution < 1.29 is 21.6 Å². The fourth-order valence-electron chi connectivity index (χ4n) is 1.20. The van der Waals surface area contributed by atoms with Crippen molar-refractivity contribution in [2.75, 3.05) is 0 Å². The van der Waals surface area contributed by atoms with E-state index in [2.05, 4.69) is 0 Å². The molecule has 0 N–H and O–H groups in total. The highest BCUT2D eigenvalue weighted by molar-refractivity contribution is 7.92. The normalized spacial score (nSPS) is 12.1. The second-order valence-electron chi connectivity index (χ2n) is 3.25. The molecule has 0 radical (unpaired) electrons. The Morgan fingerprint density at radius 1 is 1.29 bits per heavy atom. The van der Waals surface area contributed by atoms with E-state index in [1.807, 2.05) is 6.07 Å². The number of halogens is 3. The van der Waals surface area contributed by atoms with Gasteiger partial charge in [0.05, 0.1) is 11.0 Å².